The lowest BCUT2D eigenvalue weighted by Crippen LogP contribution is -2.28. The Labute approximate surface area is 128 Å². The number of benzene rings is 1. The van der Waals surface area contributed by atoms with Crippen molar-refractivity contribution in [3.63, 3.8) is 0 Å². The lowest BCUT2D eigenvalue weighted by Gasteiger charge is -2.11. The molecule has 0 aliphatic rings. The maximum Gasteiger partial charge on any atom is 0.339 e. The van der Waals surface area contributed by atoms with Gasteiger partial charge in [-0.15, -0.1) is 6.58 Å². The number of rotatable bonds is 8. The van der Waals surface area contributed by atoms with Crippen molar-refractivity contribution in [2.24, 2.45) is 0 Å². The van der Waals surface area contributed by atoms with Gasteiger partial charge in [-0.3, -0.25) is 0 Å². The number of sulfonamides is 1. The van der Waals surface area contributed by atoms with E-state index in [0.29, 0.717) is 5.75 Å². The van der Waals surface area contributed by atoms with Gasteiger partial charge in [-0.1, -0.05) is 6.08 Å². The molecule has 116 valence electrons. The van der Waals surface area contributed by atoms with E-state index < -0.39 is 16.0 Å². The number of carbonyl (C=O) groups excluding carboxylic acids is 1. The number of hydrogen-bond donors (Lipinski definition) is 2. The Bertz CT molecular complexity index is 615. The molecule has 0 amide bonds. The lowest BCUT2D eigenvalue weighted by atomic mass is 10.2. The summed E-state index contributed by atoms with van der Waals surface area (Å²) in [5, 5.41) is 0. The van der Waals surface area contributed by atoms with Gasteiger partial charge < -0.3 is 10.5 Å². The second-order valence-corrected chi connectivity index (χ2v) is 6.89. The Balaban J connectivity index is 2.92. The smallest absolute Gasteiger partial charge is 0.339 e. The molecule has 8 heteroatoms. The summed E-state index contributed by atoms with van der Waals surface area (Å²) in [4.78, 5) is 11.5. The van der Waals surface area contributed by atoms with Crippen LogP contribution in [0.3, 0.4) is 0 Å². The summed E-state index contributed by atoms with van der Waals surface area (Å²) < 4.78 is 31.5. The van der Waals surface area contributed by atoms with Gasteiger partial charge in [-0.25, -0.2) is 17.9 Å². The predicted octanol–water partition coefficient (Wildman–Crippen LogP) is 1.25. The average molecular weight is 330 g/mol. The fraction of sp³-hybridized carbons (Fsp3) is 0.308. The highest BCUT2D eigenvalue weighted by Gasteiger charge is 2.22. The molecule has 6 nitrogen and oxygen atoms in total. The Morgan fingerprint density at radius 1 is 1.52 bits per heavy atom. The number of carbonyl (C=O) groups is 1. The molecule has 1 aromatic carbocycles. The van der Waals surface area contributed by atoms with Crippen molar-refractivity contribution in [2.45, 2.75) is 4.90 Å². The van der Waals surface area contributed by atoms with Crippen molar-refractivity contribution >= 4 is 33.4 Å². The third-order valence-corrected chi connectivity index (χ3v) is 4.96. The van der Waals surface area contributed by atoms with Crippen LogP contribution in [0, 0.1) is 0 Å². The van der Waals surface area contributed by atoms with Gasteiger partial charge in [-0.2, -0.15) is 11.8 Å². The predicted molar refractivity (Wildman–Crippen MR) is 84.9 cm³/mol. The standard InChI is InChI=1S/C13H18N2O4S2/c1-3-7-20-8-6-15-21(17,18)12-5-4-10(14)9-11(12)13(16)19-2/h3-5,9,15H,1,6-8,14H2,2H3. The highest BCUT2D eigenvalue weighted by molar-refractivity contribution is 7.99. The first-order valence-electron chi connectivity index (χ1n) is 6.08. The Kier molecular flexibility index (Phi) is 6.73. The quantitative estimate of drug-likeness (QED) is 0.322. The zero-order valence-corrected chi connectivity index (χ0v) is 13.3. The molecule has 0 bridgehead atoms. The largest absolute Gasteiger partial charge is 0.465 e. The van der Waals surface area contributed by atoms with Gasteiger partial charge in [0.05, 0.1) is 17.6 Å². The van der Waals surface area contributed by atoms with Crippen LogP contribution in [0.15, 0.2) is 35.7 Å². The minimum Gasteiger partial charge on any atom is -0.465 e. The molecule has 0 aliphatic heterocycles. The van der Waals surface area contributed by atoms with Crippen molar-refractivity contribution in [1.82, 2.24) is 4.72 Å². The maximum atomic E-state index is 12.2. The number of nitrogens with two attached hydrogens (primary N) is 1. The van der Waals surface area contributed by atoms with E-state index in [0.717, 1.165) is 5.75 Å². The van der Waals surface area contributed by atoms with E-state index in [1.54, 1.807) is 17.8 Å². The average Bonchev–Trinajstić information content (AvgIpc) is 2.45. The Morgan fingerprint density at radius 3 is 2.86 bits per heavy atom. The number of thioether (sulfide) groups is 1. The fourth-order valence-electron chi connectivity index (χ4n) is 1.54. The van der Waals surface area contributed by atoms with E-state index in [9.17, 15) is 13.2 Å². The van der Waals surface area contributed by atoms with Gasteiger partial charge in [0, 0.05) is 23.7 Å². The number of esters is 1. The number of methoxy groups -OCH3 is 1. The summed E-state index contributed by atoms with van der Waals surface area (Å²) in [7, 11) is -2.61. The van der Waals surface area contributed by atoms with Gasteiger partial charge in [0.25, 0.3) is 0 Å². The van der Waals surface area contributed by atoms with Crippen molar-refractivity contribution in [1.29, 1.82) is 0 Å². The molecule has 0 unspecified atom stereocenters. The normalized spacial score (nSPS) is 11.1. The zero-order chi connectivity index (χ0) is 15.9. The van der Waals surface area contributed by atoms with Gasteiger partial charge in [0.1, 0.15) is 0 Å². The molecule has 0 heterocycles. The Hall–Kier alpha value is -1.51. The zero-order valence-electron chi connectivity index (χ0n) is 11.7. The monoisotopic (exact) mass is 330 g/mol. The molecule has 0 aliphatic carbocycles. The molecule has 0 fully saturated rings. The van der Waals surface area contributed by atoms with E-state index in [-0.39, 0.29) is 22.7 Å². The molecule has 0 saturated carbocycles. The molecular formula is C13H18N2O4S2. The molecule has 1 aromatic rings. The molecular weight excluding hydrogens is 312 g/mol. The van der Waals surface area contributed by atoms with E-state index in [4.69, 9.17) is 5.73 Å². The van der Waals surface area contributed by atoms with E-state index in [1.165, 1.54) is 25.3 Å². The third kappa shape index (κ3) is 5.07. The highest BCUT2D eigenvalue weighted by atomic mass is 32.2. The van der Waals surface area contributed by atoms with Crippen LogP contribution in [0.2, 0.25) is 0 Å². The molecule has 0 saturated heterocycles. The van der Waals surface area contributed by atoms with Crippen molar-refractivity contribution in [3.8, 4) is 0 Å². The van der Waals surface area contributed by atoms with Crippen LogP contribution in [-0.4, -0.2) is 39.5 Å². The summed E-state index contributed by atoms with van der Waals surface area (Å²) in [5.74, 6) is 0.605. The maximum absolute atomic E-state index is 12.2. The minimum absolute atomic E-state index is 0.0799. The summed E-state index contributed by atoms with van der Waals surface area (Å²) in [6.45, 7) is 3.84. The molecule has 0 radical (unpaired) electrons. The van der Waals surface area contributed by atoms with Crippen LogP contribution in [0.1, 0.15) is 10.4 Å². The molecule has 0 spiro atoms. The van der Waals surface area contributed by atoms with Gasteiger partial charge in [0.15, 0.2) is 0 Å². The first-order valence-corrected chi connectivity index (χ1v) is 8.72. The number of hydrogen-bond acceptors (Lipinski definition) is 6. The SMILES string of the molecule is C=CCSCCNS(=O)(=O)c1ccc(N)cc1C(=O)OC. The van der Waals surface area contributed by atoms with Crippen molar-refractivity contribution in [3.05, 3.63) is 36.4 Å². The molecule has 1 rings (SSSR count). The summed E-state index contributed by atoms with van der Waals surface area (Å²) in [6, 6.07) is 4.00. The number of ether oxygens (including phenoxy) is 1. The first kappa shape index (κ1) is 17.5. The van der Waals surface area contributed by atoms with Crippen LogP contribution in [-0.2, 0) is 14.8 Å². The first-order chi connectivity index (χ1) is 9.92. The van der Waals surface area contributed by atoms with Gasteiger partial charge >= 0.3 is 5.97 Å². The second-order valence-electron chi connectivity index (χ2n) is 4.01. The third-order valence-electron chi connectivity index (χ3n) is 2.47. The van der Waals surface area contributed by atoms with E-state index in [1.807, 2.05) is 0 Å². The molecule has 0 atom stereocenters. The topological polar surface area (TPSA) is 98.5 Å². The summed E-state index contributed by atoms with van der Waals surface area (Å²) in [5.41, 5.74) is 5.79. The van der Waals surface area contributed by atoms with Crippen LogP contribution in [0.4, 0.5) is 5.69 Å². The highest BCUT2D eigenvalue weighted by Crippen LogP contribution is 2.19. The number of nitrogens with one attached hydrogen (secondary N) is 1. The van der Waals surface area contributed by atoms with Crippen molar-refractivity contribution in [2.75, 3.05) is 30.9 Å². The summed E-state index contributed by atoms with van der Waals surface area (Å²) >= 11 is 1.55. The van der Waals surface area contributed by atoms with E-state index >= 15 is 0 Å². The minimum atomic E-state index is -3.80. The van der Waals surface area contributed by atoms with Gasteiger partial charge in [0.2, 0.25) is 10.0 Å². The van der Waals surface area contributed by atoms with Crippen LogP contribution >= 0.6 is 11.8 Å². The van der Waals surface area contributed by atoms with Crippen LogP contribution in [0.25, 0.3) is 0 Å². The number of anilines is 1. The molecule has 3 N–H and O–H groups in total. The van der Waals surface area contributed by atoms with Gasteiger partial charge in [-0.05, 0) is 18.2 Å². The lowest BCUT2D eigenvalue weighted by molar-refractivity contribution is 0.0596. The fourth-order valence-corrected chi connectivity index (χ4v) is 3.46. The second kappa shape index (κ2) is 8.06. The van der Waals surface area contributed by atoms with E-state index in [2.05, 4.69) is 16.0 Å². The Morgan fingerprint density at radius 2 is 2.24 bits per heavy atom. The van der Waals surface area contributed by atoms with Crippen molar-refractivity contribution < 1.29 is 17.9 Å². The number of nitrogen functional groups attached to an aromatic ring is 1. The van der Waals surface area contributed by atoms with Crippen LogP contribution in [0.5, 0.6) is 0 Å². The molecule has 21 heavy (non-hydrogen) atoms. The van der Waals surface area contributed by atoms with Crippen LogP contribution < -0.4 is 10.5 Å². The summed E-state index contributed by atoms with van der Waals surface area (Å²) in [6.07, 6.45) is 1.74. The molecule has 0 aromatic heterocycles.